The van der Waals surface area contributed by atoms with Crippen LogP contribution in [0.25, 0.3) is 0 Å². The number of hydrogen-bond acceptors (Lipinski definition) is 3. The van der Waals surface area contributed by atoms with Crippen LogP contribution >= 0.6 is 15.9 Å². The topological polar surface area (TPSA) is 35.5 Å². The molecule has 104 valence electrons. The Morgan fingerprint density at radius 2 is 1.45 bits per heavy atom. The smallest absolute Gasteiger partial charge is 0.173 e. The van der Waals surface area contributed by atoms with E-state index in [0.717, 1.165) is 11.5 Å². The normalized spacial score (nSPS) is 10.1. The lowest BCUT2D eigenvalue weighted by atomic mass is 10.1. The highest BCUT2D eigenvalue weighted by Crippen LogP contribution is 2.24. The van der Waals surface area contributed by atoms with E-state index in [0.29, 0.717) is 23.2 Å². The fourth-order valence-corrected chi connectivity index (χ4v) is 2.02. The lowest BCUT2D eigenvalue weighted by molar-refractivity contribution is 0.102. The Morgan fingerprint density at radius 3 is 1.95 bits per heavy atom. The maximum absolute atomic E-state index is 11.5. The van der Waals surface area contributed by atoms with E-state index in [1.165, 1.54) is 0 Å². The molecule has 20 heavy (non-hydrogen) atoms. The molecule has 0 heterocycles. The summed E-state index contributed by atoms with van der Waals surface area (Å²) in [6.07, 6.45) is 0. The van der Waals surface area contributed by atoms with Crippen molar-refractivity contribution in [2.75, 3.05) is 11.9 Å². The predicted octanol–water partition coefficient (Wildman–Crippen LogP) is 4.46. The van der Waals surface area contributed by atoms with Crippen molar-refractivity contribution in [3.63, 3.8) is 0 Å². The highest BCUT2D eigenvalue weighted by Gasteiger charge is 2.04. The summed E-state index contributed by atoms with van der Waals surface area (Å²) in [5.41, 5.74) is 0.668. The highest BCUT2D eigenvalue weighted by molar-refractivity contribution is 9.09. The van der Waals surface area contributed by atoms with Gasteiger partial charge in [0.15, 0.2) is 5.78 Å². The summed E-state index contributed by atoms with van der Waals surface area (Å²) in [6, 6.07) is 14.5. The monoisotopic (exact) mass is 334 g/mol. The van der Waals surface area contributed by atoms with E-state index in [1.54, 1.807) is 24.3 Å². The Bertz CT molecular complexity index is 561. The number of carbonyl (C=O) groups is 1. The Kier molecular flexibility index (Phi) is 5.18. The summed E-state index contributed by atoms with van der Waals surface area (Å²) >= 11 is 3.15. The summed E-state index contributed by atoms with van der Waals surface area (Å²) in [5.74, 6) is 2.30. The fourth-order valence-electron chi connectivity index (χ4n) is 1.69. The van der Waals surface area contributed by atoms with Gasteiger partial charge in [0.25, 0.3) is 0 Å². The van der Waals surface area contributed by atoms with Crippen LogP contribution < -0.4 is 9.47 Å². The number of halogens is 1. The van der Waals surface area contributed by atoms with E-state index < -0.39 is 0 Å². The quantitative estimate of drug-likeness (QED) is 0.578. The van der Waals surface area contributed by atoms with Crippen molar-refractivity contribution in [2.24, 2.45) is 0 Å². The Hall–Kier alpha value is -1.81. The molecule has 0 N–H and O–H groups in total. The van der Waals surface area contributed by atoms with Crippen LogP contribution in [0.4, 0.5) is 0 Å². The molecule has 2 aromatic carbocycles. The Balaban J connectivity index is 2.04. The minimum Gasteiger partial charge on any atom is -0.494 e. The molecule has 0 amide bonds. The van der Waals surface area contributed by atoms with Crippen LogP contribution in [0.2, 0.25) is 0 Å². The number of ketones is 1. The van der Waals surface area contributed by atoms with Crippen molar-refractivity contribution in [1.29, 1.82) is 0 Å². The highest BCUT2D eigenvalue weighted by atomic mass is 79.9. The number of rotatable bonds is 6. The molecule has 0 radical (unpaired) electrons. The van der Waals surface area contributed by atoms with E-state index in [1.807, 2.05) is 31.2 Å². The van der Waals surface area contributed by atoms with Gasteiger partial charge in [-0.25, -0.2) is 0 Å². The van der Waals surface area contributed by atoms with Crippen molar-refractivity contribution < 1.29 is 14.3 Å². The first-order valence-electron chi connectivity index (χ1n) is 6.33. The third kappa shape index (κ3) is 3.84. The van der Waals surface area contributed by atoms with E-state index in [2.05, 4.69) is 15.9 Å². The summed E-state index contributed by atoms with van der Waals surface area (Å²) < 4.78 is 11.1. The molecule has 0 unspecified atom stereocenters. The van der Waals surface area contributed by atoms with Crippen LogP contribution in [0.3, 0.4) is 0 Å². The zero-order valence-electron chi connectivity index (χ0n) is 11.1. The van der Waals surface area contributed by atoms with Gasteiger partial charge in [0.1, 0.15) is 17.2 Å². The number of hydrogen-bond donors (Lipinski definition) is 0. The first-order chi connectivity index (χ1) is 9.72. The zero-order chi connectivity index (χ0) is 14.4. The first kappa shape index (κ1) is 14.6. The number of carbonyl (C=O) groups excluding carboxylic acids is 1. The fraction of sp³-hybridized carbons (Fsp3) is 0.188. The van der Waals surface area contributed by atoms with Crippen LogP contribution in [-0.4, -0.2) is 17.7 Å². The number of Topliss-reactive ketones (excluding diaryl/α,β-unsaturated/α-hetero) is 1. The summed E-state index contributed by atoms with van der Waals surface area (Å²) in [4.78, 5) is 11.5. The van der Waals surface area contributed by atoms with Crippen molar-refractivity contribution in [3.8, 4) is 17.2 Å². The maximum Gasteiger partial charge on any atom is 0.173 e. The Labute approximate surface area is 126 Å². The maximum atomic E-state index is 11.5. The molecular formula is C16H15BrO3. The molecule has 0 aliphatic carbocycles. The third-order valence-electron chi connectivity index (χ3n) is 2.67. The average Bonchev–Trinajstić information content (AvgIpc) is 2.49. The van der Waals surface area contributed by atoms with Crippen LogP contribution in [0.1, 0.15) is 17.3 Å². The molecule has 0 aliphatic heterocycles. The molecule has 4 heteroatoms. The number of benzene rings is 2. The molecule has 0 saturated heterocycles. The van der Waals surface area contributed by atoms with Crippen molar-refractivity contribution >= 4 is 21.7 Å². The van der Waals surface area contributed by atoms with Gasteiger partial charge < -0.3 is 9.47 Å². The van der Waals surface area contributed by atoms with Gasteiger partial charge in [-0.15, -0.1) is 0 Å². The van der Waals surface area contributed by atoms with E-state index in [9.17, 15) is 4.79 Å². The predicted molar refractivity (Wildman–Crippen MR) is 82.3 cm³/mol. The van der Waals surface area contributed by atoms with Gasteiger partial charge in [-0.1, -0.05) is 15.9 Å². The molecule has 0 spiro atoms. The van der Waals surface area contributed by atoms with Crippen molar-refractivity contribution in [3.05, 3.63) is 54.1 Å². The second kappa shape index (κ2) is 7.10. The van der Waals surface area contributed by atoms with Crippen LogP contribution in [-0.2, 0) is 0 Å². The second-order valence-corrected chi connectivity index (χ2v) is 4.65. The van der Waals surface area contributed by atoms with E-state index in [-0.39, 0.29) is 5.78 Å². The van der Waals surface area contributed by atoms with Gasteiger partial charge in [0.2, 0.25) is 0 Å². The van der Waals surface area contributed by atoms with Gasteiger partial charge in [-0.3, -0.25) is 4.79 Å². The molecule has 0 aliphatic rings. The van der Waals surface area contributed by atoms with E-state index >= 15 is 0 Å². The number of ether oxygens (including phenoxy) is 2. The Morgan fingerprint density at radius 1 is 0.950 bits per heavy atom. The van der Waals surface area contributed by atoms with Gasteiger partial charge in [-0.2, -0.15) is 0 Å². The van der Waals surface area contributed by atoms with E-state index in [4.69, 9.17) is 9.47 Å². The van der Waals surface area contributed by atoms with Crippen molar-refractivity contribution in [1.82, 2.24) is 0 Å². The minimum absolute atomic E-state index is 0.0533. The van der Waals surface area contributed by atoms with Crippen LogP contribution in [0.15, 0.2) is 48.5 Å². The molecule has 0 saturated carbocycles. The second-order valence-electron chi connectivity index (χ2n) is 4.09. The molecular weight excluding hydrogens is 320 g/mol. The minimum atomic E-state index is 0.0533. The van der Waals surface area contributed by atoms with Gasteiger partial charge >= 0.3 is 0 Å². The standard InChI is InChI=1S/C16H15BrO3/c1-2-19-13-7-9-15(10-8-13)20-14-5-3-12(4-6-14)16(18)11-17/h3-10H,2,11H2,1H3. The first-order valence-corrected chi connectivity index (χ1v) is 7.45. The molecule has 0 fully saturated rings. The van der Waals surface area contributed by atoms with Gasteiger partial charge in [0, 0.05) is 5.56 Å². The lowest BCUT2D eigenvalue weighted by Gasteiger charge is -2.07. The van der Waals surface area contributed by atoms with Crippen LogP contribution in [0, 0.1) is 0 Å². The zero-order valence-corrected chi connectivity index (χ0v) is 12.7. The van der Waals surface area contributed by atoms with Crippen LogP contribution in [0.5, 0.6) is 17.2 Å². The molecule has 2 rings (SSSR count). The SMILES string of the molecule is CCOc1ccc(Oc2ccc(C(=O)CBr)cc2)cc1. The summed E-state index contributed by atoms with van der Waals surface area (Å²) in [5, 5.41) is 0.325. The number of alkyl halides is 1. The third-order valence-corrected chi connectivity index (χ3v) is 3.18. The molecule has 3 nitrogen and oxygen atoms in total. The molecule has 0 atom stereocenters. The summed E-state index contributed by atoms with van der Waals surface area (Å²) in [7, 11) is 0. The summed E-state index contributed by atoms with van der Waals surface area (Å²) in [6.45, 7) is 2.59. The molecule has 0 bridgehead atoms. The lowest BCUT2D eigenvalue weighted by Crippen LogP contribution is -1.99. The van der Waals surface area contributed by atoms with Gasteiger partial charge in [-0.05, 0) is 55.5 Å². The van der Waals surface area contributed by atoms with Crippen molar-refractivity contribution in [2.45, 2.75) is 6.92 Å². The average molecular weight is 335 g/mol. The molecule has 0 aromatic heterocycles. The molecule has 2 aromatic rings. The largest absolute Gasteiger partial charge is 0.494 e. The van der Waals surface area contributed by atoms with Gasteiger partial charge in [0.05, 0.1) is 11.9 Å².